The van der Waals surface area contributed by atoms with Crippen molar-refractivity contribution in [2.45, 2.75) is 52.6 Å². The average molecular weight is 316 g/mol. The Labute approximate surface area is 117 Å². The number of rotatable bonds is 4. The first-order valence-electron chi connectivity index (χ1n) is 6.26. The zero-order valence-electron chi connectivity index (χ0n) is 11.7. The minimum Gasteiger partial charge on any atom is -0.383 e. The number of nitrogens with zero attached hydrogens (tertiary/aromatic N) is 2. The first kappa shape index (κ1) is 15.4. The molecule has 1 atom stereocenters. The van der Waals surface area contributed by atoms with Gasteiger partial charge in [-0.05, 0) is 29.3 Å². The van der Waals surface area contributed by atoms with Gasteiger partial charge in [0.25, 0.3) is 0 Å². The molecule has 102 valence electrons. The molecule has 0 amide bonds. The number of anilines is 1. The van der Waals surface area contributed by atoms with Gasteiger partial charge in [0, 0.05) is 12.0 Å². The fourth-order valence-corrected chi connectivity index (χ4v) is 2.47. The summed E-state index contributed by atoms with van der Waals surface area (Å²) in [7, 11) is 0. The smallest absolute Gasteiger partial charge is 0.159 e. The van der Waals surface area contributed by atoms with Gasteiger partial charge in [0.15, 0.2) is 5.82 Å². The van der Waals surface area contributed by atoms with E-state index in [0.29, 0.717) is 18.2 Å². The third kappa shape index (κ3) is 3.42. The van der Waals surface area contributed by atoms with Crippen molar-refractivity contribution in [2.75, 3.05) is 12.3 Å². The Hall–Kier alpha value is -0.680. The van der Waals surface area contributed by atoms with Crippen LogP contribution >= 0.6 is 15.9 Å². The summed E-state index contributed by atoms with van der Waals surface area (Å²) < 4.78 is 6.43. The predicted molar refractivity (Wildman–Crippen MR) is 77.5 cm³/mol. The van der Waals surface area contributed by atoms with Crippen molar-refractivity contribution >= 4 is 21.7 Å². The molecule has 5 heteroatoms. The SMILES string of the molecule is CCOC(CC)c1nc(N)c(Br)c(C(C)(C)C)n1. The van der Waals surface area contributed by atoms with Crippen LogP contribution in [0.25, 0.3) is 0 Å². The third-order valence-electron chi connectivity index (χ3n) is 2.63. The highest BCUT2D eigenvalue weighted by molar-refractivity contribution is 9.10. The highest BCUT2D eigenvalue weighted by atomic mass is 79.9. The molecule has 1 aromatic heterocycles. The van der Waals surface area contributed by atoms with Crippen LogP contribution in [0.15, 0.2) is 4.47 Å². The van der Waals surface area contributed by atoms with E-state index in [1.165, 1.54) is 0 Å². The molecule has 0 radical (unpaired) electrons. The second-order valence-electron chi connectivity index (χ2n) is 5.23. The largest absolute Gasteiger partial charge is 0.383 e. The molecular weight excluding hydrogens is 294 g/mol. The standard InChI is InChI=1S/C13H22BrN3O/c1-6-8(18-7-2)12-16-10(13(3,4)5)9(14)11(15)17-12/h8H,6-7H2,1-5H3,(H2,15,16,17). The lowest BCUT2D eigenvalue weighted by Gasteiger charge is -2.23. The van der Waals surface area contributed by atoms with Crippen LogP contribution in [0.1, 0.15) is 58.7 Å². The van der Waals surface area contributed by atoms with Gasteiger partial charge in [-0.1, -0.05) is 27.7 Å². The van der Waals surface area contributed by atoms with Gasteiger partial charge < -0.3 is 10.5 Å². The van der Waals surface area contributed by atoms with Crippen molar-refractivity contribution in [1.82, 2.24) is 9.97 Å². The summed E-state index contributed by atoms with van der Waals surface area (Å²) in [6, 6.07) is 0. The number of halogens is 1. The van der Waals surface area contributed by atoms with Crippen molar-refractivity contribution in [3.8, 4) is 0 Å². The van der Waals surface area contributed by atoms with E-state index in [0.717, 1.165) is 16.6 Å². The van der Waals surface area contributed by atoms with E-state index in [1.807, 2.05) is 6.92 Å². The second-order valence-corrected chi connectivity index (χ2v) is 6.02. The van der Waals surface area contributed by atoms with E-state index in [1.54, 1.807) is 0 Å². The van der Waals surface area contributed by atoms with Crippen molar-refractivity contribution < 1.29 is 4.74 Å². The van der Waals surface area contributed by atoms with Crippen LogP contribution in [0.5, 0.6) is 0 Å². The number of aromatic nitrogens is 2. The van der Waals surface area contributed by atoms with E-state index in [4.69, 9.17) is 10.5 Å². The fourth-order valence-electron chi connectivity index (χ4n) is 1.70. The molecule has 1 unspecified atom stereocenters. The van der Waals surface area contributed by atoms with Gasteiger partial charge in [0.2, 0.25) is 0 Å². The minimum absolute atomic E-state index is 0.0881. The van der Waals surface area contributed by atoms with E-state index in [9.17, 15) is 0 Å². The molecule has 1 rings (SSSR count). The maximum atomic E-state index is 5.95. The molecule has 4 nitrogen and oxygen atoms in total. The topological polar surface area (TPSA) is 61.0 Å². The normalized spacial score (nSPS) is 13.7. The van der Waals surface area contributed by atoms with Gasteiger partial charge in [-0.2, -0.15) is 0 Å². The average Bonchev–Trinajstić information content (AvgIpc) is 2.28. The van der Waals surface area contributed by atoms with Crippen molar-refractivity contribution in [3.05, 3.63) is 16.0 Å². The number of nitrogens with two attached hydrogens (primary N) is 1. The summed E-state index contributed by atoms with van der Waals surface area (Å²) in [5, 5.41) is 0. The summed E-state index contributed by atoms with van der Waals surface area (Å²) in [5.41, 5.74) is 6.78. The Balaban J connectivity index is 3.27. The van der Waals surface area contributed by atoms with Gasteiger partial charge in [-0.15, -0.1) is 0 Å². The quantitative estimate of drug-likeness (QED) is 0.922. The first-order valence-corrected chi connectivity index (χ1v) is 7.05. The molecule has 0 saturated heterocycles. The summed E-state index contributed by atoms with van der Waals surface area (Å²) in [6.45, 7) is 11.0. The monoisotopic (exact) mass is 315 g/mol. The molecule has 0 aromatic carbocycles. The van der Waals surface area contributed by atoms with Gasteiger partial charge >= 0.3 is 0 Å². The van der Waals surface area contributed by atoms with Crippen molar-refractivity contribution in [1.29, 1.82) is 0 Å². The molecular formula is C13H22BrN3O. The minimum atomic E-state index is -0.0912. The Morgan fingerprint density at radius 2 is 1.89 bits per heavy atom. The van der Waals surface area contributed by atoms with Gasteiger partial charge in [0.05, 0.1) is 10.2 Å². The third-order valence-corrected chi connectivity index (χ3v) is 3.41. The fraction of sp³-hybridized carbons (Fsp3) is 0.692. The molecule has 0 aliphatic rings. The van der Waals surface area contributed by atoms with Gasteiger partial charge in [0.1, 0.15) is 11.9 Å². The highest BCUT2D eigenvalue weighted by Gasteiger charge is 2.24. The summed E-state index contributed by atoms with van der Waals surface area (Å²) in [5.74, 6) is 1.15. The molecule has 1 aromatic rings. The zero-order valence-corrected chi connectivity index (χ0v) is 13.3. The maximum Gasteiger partial charge on any atom is 0.159 e. The van der Waals surface area contributed by atoms with Crippen LogP contribution in [-0.2, 0) is 10.2 Å². The van der Waals surface area contributed by atoms with Gasteiger partial charge in [-0.3, -0.25) is 0 Å². The Morgan fingerprint density at radius 3 is 2.33 bits per heavy atom. The predicted octanol–water partition coefficient (Wildman–Crippen LogP) is 3.61. The molecule has 0 saturated carbocycles. The number of hydrogen-bond acceptors (Lipinski definition) is 4. The Kier molecular flexibility index (Phi) is 5.10. The number of ether oxygens (including phenoxy) is 1. The van der Waals surface area contributed by atoms with Crippen LogP contribution < -0.4 is 5.73 Å². The van der Waals surface area contributed by atoms with E-state index in [-0.39, 0.29) is 11.5 Å². The van der Waals surface area contributed by atoms with Crippen molar-refractivity contribution in [2.24, 2.45) is 0 Å². The van der Waals surface area contributed by atoms with Crippen molar-refractivity contribution in [3.63, 3.8) is 0 Å². The zero-order chi connectivity index (χ0) is 13.9. The molecule has 0 spiro atoms. The van der Waals surface area contributed by atoms with Crippen LogP contribution in [0.2, 0.25) is 0 Å². The highest BCUT2D eigenvalue weighted by Crippen LogP contribution is 2.32. The van der Waals surface area contributed by atoms with E-state index < -0.39 is 0 Å². The Morgan fingerprint density at radius 1 is 1.28 bits per heavy atom. The summed E-state index contributed by atoms with van der Waals surface area (Å²) in [6.07, 6.45) is 0.741. The summed E-state index contributed by atoms with van der Waals surface area (Å²) >= 11 is 3.47. The molecule has 0 aliphatic carbocycles. The molecule has 1 heterocycles. The molecule has 0 bridgehead atoms. The number of nitrogen functional groups attached to an aromatic ring is 1. The first-order chi connectivity index (χ1) is 8.31. The van der Waals surface area contributed by atoms with E-state index >= 15 is 0 Å². The molecule has 0 aliphatic heterocycles. The second kappa shape index (κ2) is 5.97. The number of hydrogen-bond donors (Lipinski definition) is 1. The summed E-state index contributed by atoms with van der Waals surface area (Å²) in [4.78, 5) is 8.96. The molecule has 0 fully saturated rings. The van der Waals surface area contributed by atoms with Crippen LogP contribution in [0.4, 0.5) is 5.82 Å². The lowest BCUT2D eigenvalue weighted by molar-refractivity contribution is 0.0532. The lowest BCUT2D eigenvalue weighted by Crippen LogP contribution is -2.20. The molecule has 18 heavy (non-hydrogen) atoms. The Bertz CT molecular complexity index is 415. The van der Waals surface area contributed by atoms with Gasteiger partial charge in [-0.25, -0.2) is 9.97 Å². The van der Waals surface area contributed by atoms with E-state index in [2.05, 4.69) is 53.6 Å². The molecule has 2 N–H and O–H groups in total. The lowest BCUT2D eigenvalue weighted by atomic mass is 9.91. The van der Waals surface area contributed by atoms with Crippen LogP contribution in [0, 0.1) is 0 Å². The van der Waals surface area contributed by atoms with Crippen LogP contribution in [-0.4, -0.2) is 16.6 Å². The maximum absolute atomic E-state index is 5.95. The van der Waals surface area contributed by atoms with Crippen LogP contribution in [0.3, 0.4) is 0 Å².